The summed E-state index contributed by atoms with van der Waals surface area (Å²) in [6.07, 6.45) is 1.98. The number of fused-ring (bicyclic) bond motifs is 1. The molecule has 1 aromatic carbocycles. The number of carbonyl (C=O) groups is 2. The lowest BCUT2D eigenvalue weighted by molar-refractivity contribution is -0.125. The van der Waals surface area contributed by atoms with E-state index in [0.29, 0.717) is 25.1 Å². The Morgan fingerprint density at radius 1 is 1.21 bits per heavy atom. The third-order valence-electron chi connectivity index (χ3n) is 6.41. The van der Waals surface area contributed by atoms with Crippen molar-refractivity contribution in [2.75, 3.05) is 18.8 Å². The molecule has 2 fully saturated rings. The van der Waals surface area contributed by atoms with Crippen molar-refractivity contribution < 1.29 is 18.4 Å². The number of amides is 2. The molecular formula is C23H24F2N6O2. The Hall–Kier alpha value is -3.56. The highest BCUT2D eigenvalue weighted by atomic mass is 19.3. The van der Waals surface area contributed by atoms with E-state index in [-0.39, 0.29) is 37.0 Å². The van der Waals surface area contributed by atoms with E-state index >= 15 is 0 Å². The molecule has 1 saturated carbocycles. The number of likely N-dealkylation sites (tertiary alicyclic amines) is 1. The summed E-state index contributed by atoms with van der Waals surface area (Å²) in [4.78, 5) is 30.8. The molecule has 0 spiro atoms. The smallest absolute Gasteiger partial charge is 0.267 e. The number of pyridine rings is 1. The molecule has 3 N–H and O–H groups in total. The molecule has 172 valence electrons. The number of rotatable bonds is 5. The standard InChI is InChI=1S/C23H24F2N6O2/c24-23(25)8-3-6-18(23)28-20(32)13-31-17-5-2-1-4-16(17)21(29-31)15-11-30(12-15)22(33)14-7-9-27-19(26)10-14/h1-2,4-5,7,9-10,15,18H,3,6,8,11-13H2,(H2,26,27)(H,28,32). The van der Waals surface area contributed by atoms with Gasteiger partial charge in [0.05, 0.1) is 17.3 Å². The third kappa shape index (κ3) is 4.01. The molecule has 0 radical (unpaired) electrons. The first kappa shape index (κ1) is 21.3. The van der Waals surface area contributed by atoms with Gasteiger partial charge in [-0.05, 0) is 31.0 Å². The number of carbonyl (C=O) groups excluding carboxylic acids is 2. The molecule has 0 bridgehead atoms. The van der Waals surface area contributed by atoms with Crippen LogP contribution in [-0.2, 0) is 11.3 Å². The number of para-hydroxylation sites is 1. The molecule has 1 aliphatic carbocycles. The number of halogens is 2. The van der Waals surface area contributed by atoms with Crippen molar-refractivity contribution in [3.63, 3.8) is 0 Å². The van der Waals surface area contributed by atoms with Gasteiger partial charge in [0, 0.05) is 42.6 Å². The quantitative estimate of drug-likeness (QED) is 0.616. The molecule has 10 heteroatoms. The van der Waals surface area contributed by atoms with Gasteiger partial charge in [0.2, 0.25) is 5.91 Å². The maximum absolute atomic E-state index is 13.9. The Balaban J connectivity index is 1.30. The SMILES string of the molecule is Nc1cc(C(=O)N2CC(c3nn(CC(=O)NC4CCCC4(F)F)c4ccccc34)C2)ccn1. The van der Waals surface area contributed by atoms with Crippen molar-refractivity contribution in [3.05, 3.63) is 53.9 Å². The van der Waals surface area contributed by atoms with E-state index in [1.165, 1.54) is 6.20 Å². The van der Waals surface area contributed by atoms with Crippen LogP contribution in [0.3, 0.4) is 0 Å². The second kappa shape index (κ2) is 8.09. The zero-order valence-corrected chi connectivity index (χ0v) is 17.9. The minimum Gasteiger partial charge on any atom is -0.384 e. The minimum atomic E-state index is -2.87. The van der Waals surface area contributed by atoms with Crippen molar-refractivity contribution in [2.45, 2.75) is 43.7 Å². The first-order valence-corrected chi connectivity index (χ1v) is 11.0. The Kier molecular flexibility index (Phi) is 5.22. The highest BCUT2D eigenvalue weighted by Gasteiger charge is 2.44. The molecule has 3 aromatic rings. The highest BCUT2D eigenvalue weighted by Crippen LogP contribution is 2.35. The van der Waals surface area contributed by atoms with Crippen molar-refractivity contribution >= 4 is 28.5 Å². The molecule has 33 heavy (non-hydrogen) atoms. The Bertz CT molecular complexity index is 1220. The Morgan fingerprint density at radius 3 is 2.73 bits per heavy atom. The highest BCUT2D eigenvalue weighted by molar-refractivity contribution is 5.95. The summed E-state index contributed by atoms with van der Waals surface area (Å²) in [7, 11) is 0. The van der Waals surface area contributed by atoms with Crippen molar-refractivity contribution in [3.8, 4) is 0 Å². The average Bonchev–Trinajstić information content (AvgIpc) is 3.27. The van der Waals surface area contributed by atoms with Crippen LogP contribution in [-0.4, -0.2) is 56.5 Å². The number of benzene rings is 1. The van der Waals surface area contributed by atoms with E-state index in [4.69, 9.17) is 5.73 Å². The van der Waals surface area contributed by atoms with E-state index in [1.807, 2.05) is 24.3 Å². The number of nitrogens with zero attached hydrogens (tertiary/aromatic N) is 4. The second-order valence-corrected chi connectivity index (χ2v) is 8.71. The van der Waals surface area contributed by atoms with Gasteiger partial charge in [0.1, 0.15) is 12.4 Å². The summed E-state index contributed by atoms with van der Waals surface area (Å²) in [6.45, 7) is 0.837. The number of aromatic nitrogens is 3. The van der Waals surface area contributed by atoms with Crippen LogP contribution in [0.2, 0.25) is 0 Å². The summed E-state index contributed by atoms with van der Waals surface area (Å²) >= 11 is 0. The largest absolute Gasteiger partial charge is 0.384 e. The number of anilines is 1. The molecule has 2 aliphatic rings. The fourth-order valence-corrected chi connectivity index (χ4v) is 4.64. The van der Waals surface area contributed by atoms with Gasteiger partial charge in [-0.2, -0.15) is 5.10 Å². The van der Waals surface area contributed by atoms with Crippen LogP contribution in [0.4, 0.5) is 14.6 Å². The third-order valence-corrected chi connectivity index (χ3v) is 6.41. The van der Waals surface area contributed by atoms with Gasteiger partial charge in [-0.25, -0.2) is 13.8 Å². The molecular weight excluding hydrogens is 430 g/mol. The second-order valence-electron chi connectivity index (χ2n) is 8.71. The lowest BCUT2D eigenvalue weighted by Gasteiger charge is -2.38. The Morgan fingerprint density at radius 2 is 2.00 bits per heavy atom. The summed E-state index contributed by atoms with van der Waals surface area (Å²) in [5.41, 5.74) is 7.71. The van der Waals surface area contributed by atoms with Gasteiger partial charge >= 0.3 is 0 Å². The van der Waals surface area contributed by atoms with E-state index < -0.39 is 17.9 Å². The predicted octanol–water partition coefficient (Wildman–Crippen LogP) is 2.56. The summed E-state index contributed by atoms with van der Waals surface area (Å²) in [5, 5.41) is 8.01. The van der Waals surface area contributed by atoms with Crippen LogP contribution in [0.15, 0.2) is 42.6 Å². The van der Waals surface area contributed by atoms with Crippen molar-refractivity contribution in [1.82, 2.24) is 25.0 Å². The molecule has 1 atom stereocenters. The van der Waals surface area contributed by atoms with Gasteiger partial charge in [-0.1, -0.05) is 18.2 Å². The molecule has 5 rings (SSSR count). The Labute approximate surface area is 188 Å². The molecule has 8 nitrogen and oxygen atoms in total. The van der Waals surface area contributed by atoms with E-state index in [0.717, 1.165) is 16.6 Å². The first-order valence-electron chi connectivity index (χ1n) is 11.0. The first-order chi connectivity index (χ1) is 15.8. The normalized spacial score (nSPS) is 20.1. The zero-order chi connectivity index (χ0) is 23.2. The predicted molar refractivity (Wildman–Crippen MR) is 118 cm³/mol. The van der Waals surface area contributed by atoms with Gasteiger partial charge in [0.25, 0.3) is 11.8 Å². The van der Waals surface area contributed by atoms with E-state index in [9.17, 15) is 18.4 Å². The van der Waals surface area contributed by atoms with Crippen molar-refractivity contribution in [2.24, 2.45) is 0 Å². The fourth-order valence-electron chi connectivity index (χ4n) is 4.64. The average molecular weight is 454 g/mol. The van der Waals surface area contributed by atoms with Crippen LogP contribution in [0.25, 0.3) is 10.9 Å². The van der Waals surface area contributed by atoms with Gasteiger partial charge in [-0.15, -0.1) is 0 Å². The van der Waals surface area contributed by atoms with Crippen molar-refractivity contribution in [1.29, 1.82) is 0 Å². The maximum atomic E-state index is 13.9. The summed E-state index contributed by atoms with van der Waals surface area (Å²) in [6, 6.07) is 9.56. The molecule has 2 amide bonds. The number of nitrogen functional groups attached to an aromatic ring is 1. The summed E-state index contributed by atoms with van der Waals surface area (Å²) < 4.78 is 29.3. The van der Waals surface area contributed by atoms with E-state index in [1.54, 1.807) is 21.7 Å². The molecule has 1 aliphatic heterocycles. The lowest BCUT2D eigenvalue weighted by Crippen LogP contribution is -2.48. The lowest BCUT2D eigenvalue weighted by atomic mass is 9.93. The molecule has 2 aromatic heterocycles. The van der Waals surface area contributed by atoms with Crippen LogP contribution in [0, 0.1) is 0 Å². The monoisotopic (exact) mass is 454 g/mol. The van der Waals surface area contributed by atoms with Crippen LogP contribution in [0.5, 0.6) is 0 Å². The van der Waals surface area contributed by atoms with E-state index in [2.05, 4.69) is 15.4 Å². The number of hydrogen-bond acceptors (Lipinski definition) is 5. The maximum Gasteiger partial charge on any atom is 0.267 e. The number of nitrogens with two attached hydrogens (primary N) is 1. The van der Waals surface area contributed by atoms with Crippen LogP contribution < -0.4 is 11.1 Å². The topological polar surface area (TPSA) is 106 Å². The number of nitrogens with one attached hydrogen (secondary N) is 1. The van der Waals surface area contributed by atoms with Crippen LogP contribution >= 0.6 is 0 Å². The summed E-state index contributed by atoms with van der Waals surface area (Å²) in [5.74, 6) is -3.17. The van der Waals surface area contributed by atoms with Gasteiger partial charge < -0.3 is 16.0 Å². The van der Waals surface area contributed by atoms with Gasteiger partial charge in [-0.3, -0.25) is 14.3 Å². The number of alkyl halides is 2. The molecule has 3 heterocycles. The minimum absolute atomic E-state index is 0.0153. The van der Waals surface area contributed by atoms with Crippen LogP contribution in [0.1, 0.15) is 41.2 Å². The zero-order valence-electron chi connectivity index (χ0n) is 17.9. The fraction of sp³-hybridized carbons (Fsp3) is 0.391. The molecule has 1 unspecified atom stereocenters. The molecule has 1 saturated heterocycles. The number of hydrogen-bond donors (Lipinski definition) is 2. The van der Waals surface area contributed by atoms with Gasteiger partial charge in [0.15, 0.2) is 0 Å².